The van der Waals surface area contributed by atoms with Crippen molar-refractivity contribution in [3.63, 3.8) is 0 Å². The highest BCUT2D eigenvalue weighted by atomic mass is 19.4. The van der Waals surface area contributed by atoms with Gasteiger partial charge in [0.15, 0.2) is 0 Å². The van der Waals surface area contributed by atoms with Crippen LogP contribution in [0.3, 0.4) is 0 Å². The Morgan fingerprint density at radius 3 is 2.06 bits per heavy atom. The van der Waals surface area contributed by atoms with E-state index in [0.29, 0.717) is 18.9 Å². The lowest BCUT2D eigenvalue weighted by molar-refractivity contribution is -0.182. The van der Waals surface area contributed by atoms with Crippen molar-refractivity contribution in [1.82, 2.24) is 4.90 Å². The average molecular weight is 459 g/mol. The minimum absolute atomic E-state index is 0.266. The Kier molecular flexibility index (Phi) is 10.9. The molecule has 1 atom stereocenters. The summed E-state index contributed by atoms with van der Waals surface area (Å²) >= 11 is 0. The van der Waals surface area contributed by atoms with Crippen LogP contribution in [0.2, 0.25) is 0 Å². The van der Waals surface area contributed by atoms with E-state index in [9.17, 15) is 13.2 Å². The SMILES string of the molecule is CC#N.CCC(CCc1ccc(C2CCC(C(F)(F)F)CC2)cc1)N(C)Cc1ccccc1. The molecule has 0 heterocycles. The number of benzene rings is 2. The van der Waals surface area contributed by atoms with Crippen molar-refractivity contribution in [2.45, 2.75) is 83.5 Å². The number of nitrogens with zero attached hydrogens (tertiary/aromatic N) is 2. The van der Waals surface area contributed by atoms with E-state index in [2.05, 4.69) is 67.4 Å². The van der Waals surface area contributed by atoms with Gasteiger partial charge < -0.3 is 0 Å². The number of hydrogen-bond acceptors (Lipinski definition) is 2. The summed E-state index contributed by atoms with van der Waals surface area (Å²) in [6.45, 7) is 4.63. The number of nitriles is 1. The van der Waals surface area contributed by atoms with Crippen molar-refractivity contribution in [3.05, 3.63) is 71.3 Å². The molecule has 3 rings (SSSR count). The van der Waals surface area contributed by atoms with E-state index in [4.69, 9.17) is 5.26 Å². The third kappa shape index (κ3) is 8.85. The maximum atomic E-state index is 12.9. The first kappa shape index (κ1) is 26.9. The summed E-state index contributed by atoms with van der Waals surface area (Å²) in [6.07, 6.45) is 1.04. The highest BCUT2D eigenvalue weighted by Crippen LogP contribution is 2.42. The molecule has 180 valence electrons. The molecule has 0 N–H and O–H groups in total. The van der Waals surface area contributed by atoms with Crippen LogP contribution in [0.15, 0.2) is 54.6 Å². The Morgan fingerprint density at radius 1 is 0.970 bits per heavy atom. The molecule has 2 aromatic carbocycles. The van der Waals surface area contributed by atoms with Gasteiger partial charge >= 0.3 is 6.18 Å². The van der Waals surface area contributed by atoms with Crippen molar-refractivity contribution >= 4 is 0 Å². The summed E-state index contributed by atoms with van der Waals surface area (Å²) in [5.74, 6) is -0.829. The van der Waals surface area contributed by atoms with Crippen LogP contribution in [0.25, 0.3) is 0 Å². The predicted molar refractivity (Wildman–Crippen MR) is 129 cm³/mol. The van der Waals surface area contributed by atoms with Gasteiger partial charge in [-0.2, -0.15) is 18.4 Å². The standard InChI is InChI=1S/C26H34F3N.C2H3N/c1-3-25(30(2)19-21-7-5-4-6-8-21)18-11-20-9-12-22(13-10-20)23-14-16-24(17-15-23)26(27,28)29;1-2-3/h4-10,12-13,23-25H,3,11,14-19H2,1-2H3;1H3. The zero-order chi connectivity index (χ0) is 24.3. The number of aryl methyl sites for hydroxylation is 1. The third-order valence-electron chi connectivity index (χ3n) is 6.78. The van der Waals surface area contributed by atoms with Gasteiger partial charge in [-0.3, -0.25) is 4.90 Å². The molecule has 33 heavy (non-hydrogen) atoms. The van der Waals surface area contributed by atoms with E-state index < -0.39 is 12.1 Å². The Morgan fingerprint density at radius 2 is 1.55 bits per heavy atom. The molecule has 1 aliphatic carbocycles. The van der Waals surface area contributed by atoms with Gasteiger partial charge in [0, 0.05) is 19.5 Å². The third-order valence-corrected chi connectivity index (χ3v) is 6.78. The lowest BCUT2D eigenvalue weighted by Gasteiger charge is -2.30. The summed E-state index contributed by atoms with van der Waals surface area (Å²) in [7, 11) is 2.20. The fraction of sp³-hybridized carbons (Fsp3) is 0.536. The fourth-order valence-corrected chi connectivity index (χ4v) is 4.78. The Balaban J connectivity index is 0.00000122. The van der Waals surface area contributed by atoms with Crippen LogP contribution in [0.5, 0.6) is 0 Å². The van der Waals surface area contributed by atoms with Crippen LogP contribution in [0.1, 0.15) is 75.0 Å². The van der Waals surface area contributed by atoms with Crippen LogP contribution in [0.4, 0.5) is 13.2 Å². The summed E-state index contributed by atoms with van der Waals surface area (Å²) in [5, 5.41) is 7.32. The van der Waals surface area contributed by atoms with Gasteiger partial charge in [-0.05, 0) is 74.6 Å². The minimum Gasteiger partial charge on any atom is -0.299 e. The van der Waals surface area contributed by atoms with Crippen molar-refractivity contribution in [2.75, 3.05) is 7.05 Å². The molecule has 1 saturated carbocycles. The zero-order valence-corrected chi connectivity index (χ0v) is 20.1. The molecule has 0 radical (unpaired) electrons. The molecule has 2 nitrogen and oxygen atoms in total. The fourth-order valence-electron chi connectivity index (χ4n) is 4.78. The summed E-state index contributed by atoms with van der Waals surface area (Å²) in [4.78, 5) is 2.43. The first-order valence-electron chi connectivity index (χ1n) is 12.0. The van der Waals surface area contributed by atoms with Gasteiger partial charge in [-0.1, -0.05) is 61.5 Å². The minimum atomic E-state index is -4.03. The normalized spacial score (nSPS) is 19.3. The molecule has 2 aromatic rings. The largest absolute Gasteiger partial charge is 0.391 e. The summed E-state index contributed by atoms with van der Waals surface area (Å²) in [6, 6.07) is 21.5. The van der Waals surface area contributed by atoms with E-state index in [1.807, 2.05) is 6.07 Å². The maximum absolute atomic E-state index is 12.9. The van der Waals surface area contributed by atoms with Gasteiger partial charge in [0.2, 0.25) is 0 Å². The average Bonchev–Trinajstić information content (AvgIpc) is 2.81. The monoisotopic (exact) mass is 458 g/mol. The second kappa shape index (κ2) is 13.4. The number of halogens is 3. The zero-order valence-electron chi connectivity index (χ0n) is 20.1. The van der Waals surface area contributed by atoms with E-state index in [1.165, 1.54) is 23.6 Å². The van der Waals surface area contributed by atoms with E-state index in [1.54, 1.807) is 6.07 Å². The van der Waals surface area contributed by atoms with Crippen molar-refractivity contribution in [1.29, 1.82) is 5.26 Å². The molecule has 0 bridgehead atoms. The molecule has 0 aromatic heterocycles. The van der Waals surface area contributed by atoms with Gasteiger partial charge in [0.25, 0.3) is 0 Å². The number of rotatable bonds is 8. The molecule has 0 aliphatic heterocycles. The number of alkyl halides is 3. The molecule has 0 spiro atoms. The van der Waals surface area contributed by atoms with Gasteiger partial charge in [0.1, 0.15) is 0 Å². The number of hydrogen-bond donors (Lipinski definition) is 0. The Labute approximate surface area is 197 Å². The highest BCUT2D eigenvalue weighted by Gasteiger charge is 2.41. The lowest BCUT2D eigenvalue weighted by Crippen LogP contribution is -2.31. The summed E-state index contributed by atoms with van der Waals surface area (Å²) in [5.41, 5.74) is 3.85. The lowest BCUT2D eigenvalue weighted by atomic mass is 9.78. The highest BCUT2D eigenvalue weighted by molar-refractivity contribution is 5.26. The van der Waals surface area contributed by atoms with Crippen molar-refractivity contribution < 1.29 is 13.2 Å². The molecule has 5 heteroatoms. The second-order valence-electron chi connectivity index (χ2n) is 9.06. The quantitative estimate of drug-likeness (QED) is 0.402. The van der Waals surface area contributed by atoms with Crippen LogP contribution in [-0.2, 0) is 13.0 Å². The van der Waals surface area contributed by atoms with Crippen LogP contribution < -0.4 is 0 Å². The maximum Gasteiger partial charge on any atom is 0.391 e. The van der Waals surface area contributed by atoms with Crippen molar-refractivity contribution in [3.8, 4) is 6.07 Å². The molecular weight excluding hydrogens is 421 g/mol. The molecule has 0 saturated heterocycles. The first-order valence-corrected chi connectivity index (χ1v) is 12.0. The molecule has 1 unspecified atom stereocenters. The molecular formula is C28H37F3N2. The van der Waals surface area contributed by atoms with Gasteiger partial charge in [-0.15, -0.1) is 0 Å². The van der Waals surface area contributed by atoms with Crippen LogP contribution in [0, 0.1) is 17.2 Å². The smallest absolute Gasteiger partial charge is 0.299 e. The van der Waals surface area contributed by atoms with Crippen LogP contribution in [-0.4, -0.2) is 24.2 Å². The van der Waals surface area contributed by atoms with E-state index in [0.717, 1.165) is 25.8 Å². The van der Waals surface area contributed by atoms with E-state index in [-0.39, 0.29) is 18.8 Å². The molecule has 1 aliphatic rings. The topological polar surface area (TPSA) is 27.0 Å². The van der Waals surface area contributed by atoms with Gasteiger partial charge in [0.05, 0.1) is 12.0 Å². The van der Waals surface area contributed by atoms with E-state index >= 15 is 0 Å². The second-order valence-corrected chi connectivity index (χ2v) is 9.06. The van der Waals surface area contributed by atoms with Crippen LogP contribution >= 0.6 is 0 Å². The molecule has 1 fully saturated rings. The Bertz CT molecular complexity index is 832. The van der Waals surface area contributed by atoms with Crippen molar-refractivity contribution in [2.24, 2.45) is 5.92 Å². The van der Waals surface area contributed by atoms with Gasteiger partial charge in [-0.25, -0.2) is 0 Å². The Hall–Kier alpha value is -2.32. The first-order chi connectivity index (χ1) is 15.8. The molecule has 0 amide bonds. The summed E-state index contributed by atoms with van der Waals surface area (Å²) < 4.78 is 38.6. The predicted octanol–water partition coefficient (Wildman–Crippen LogP) is 7.90.